The van der Waals surface area contributed by atoms with Crippen molar-refractivity contribution in [2.24, 2.45) is 0 Å². The molecule has 1 N–H and O–H groups in total. The summed E-state index contributed by atoms with van der Waals surface area (Å²) in [6, 6.07) is 11.8. The van der Waals surface area contributed by atoms with Gasteiger partial charge in [-0.1, -0.05) is 12.0 Å². The van der Waals surface area contributed by atoms with Gasteiger partial charge in [-0.15, -0.1) is 6.42 Å². The number of H-pyrrole nitrogens is 1. The number of aryl methyl sites for hydroxylation is 2. The smallest absolute Gasteiger partial charge is 0.258 e. The Labute approximate surface area is 219 Å². The van der Waals surface area contributed by atoms with Crippen molar-refractivity contribution in [2.75, 3.05) is 17.7 Å². The summed E-state index contributed by atoms with van der Waals surface area (Å²) in [7, 11) is -3.79. The standard InChI is InChI=1S/C28H25N5O4S/c1-4-13-33(25-11-8-18-14-24-21(15-20(18)25)28(35)32-17(2)31-24)19-9-10-22(30-16-19)26(34)27(38(3,36)37)23-7-5-6-12-29-23/h1,5-7,9-10,12,14-16,25,27H,8,11,13H2,2-3H3,(H,31,32,35). The second kappa shape index (κ2) is 9.84. The van der Waals surface area contributed by atoms with Crippen molar-refractivity contribution in [3.05, 3.63) is 93.6 Å². The Kier molecular flexibility index (Phi) is 6.55. The minimum Gasteiger partial charge on any atom is -0.352 e. The van der Waals surface area contributed by atoms with Gasteiger partial charge in [0.15, 0.2) is 15.1 Å². The second-order valence-electron chi connectivity index (χ2n) is 9.34. The van der Waals surface area contributed by atoms with Gasteiger partial charge in [0.25, 0.3) is 5.56 Å². The number of hydrogen-bond donors (Lipinski definition) is 1. The Balaban J connectivity index is 1.49. The molecule has 2 unspecified atom stereocenters. The first-order valence-corrected chi connectivity index (χ1v) is 14.0. The van der Waals surface area contributed by atoms with Gasteiger partial charge >= 0.3 is 0 Å². The van der Waals surface area contributed by atoms with Crippen LogP contribution >= 0.6 is 0 Å². The van der Waals surface area contributed by atoms with E-state index in [1.807, 2.05) is 17.0 Å². The average molecular weight is 528 g/mol. The van der Waals surface area contributed by atoms with Gasteiger partial charge in [0.2, 0.25) is 5.78 Å². The Morgan fingerprint density at radius 1 is 1.24 bits per heavy atom. The maximum absolute atomic E-state index is 13.2. The van der Waals surface area contributed by atoms with Crippen molar-refractivity contribution >= 4 is 32.2 Å². The van der Waals surface area contributed by atoms with Crippen molar-refractivity contribution in [3.63, 3.8) is 0 Å². The minimum atomic E-state index is -3.79. The van der Waals surface area contributed by atoms with Crippen LogP contribution in [0.25, 0.3) is 10.9 Å². The topological polar surface area (TPSA) is 126 Å². The molecule has 1 aliphatic rings. The number of aromatic nitrogens is 4. The van der Waals surface area contributed by atoms with Gasteiger partial charge in [0.1, 0.15) is 11.5 Å². The summed E-state index contributed by atoms with van der Waals surface area (Å²) in [4.78, 5) is 43.4. The van der Waals surface area contributed by atoms with Crippen molar-refractivity contribution in [1.82, 2.24) is 19.9 Å². The lowest BCUT2D eigenvalue weighted by Gasteiger charge is -2.30. The van der Waals surface area contributed by atoms with E-state index >= 15 is 0 Å². The molecule has 0 radical (unpaired) electrons. The fraction of sp³-hybridized carbons (Fsp3) is 0.250. The maximum atomic E-state index is 13.2. The molecule has 3 heterocycles. The van der Waals surface area contributed by atoms with E-state index in [-0.39, 0.29) is 29.5 Å². The van der Waals surface area contributed by atoms with Gasteiger partial charge in [-0.2, -0.15) is 0 Å². The van der Waals surface area contributed by atoms with E-state index in [9.17, 15) is 18.0 Å². The molecular weight excluding hydrogens is 502 g/mol. The number of ketones is 1. The Morgan fingerprint density at radius 2 is 2.05 bits per heavy atom. The molecule has 0 bridgehead atoms. The van der Waals surface area contributed by atoms with Crippen LogP contribution in [0.2, 0.25) is 0 Å². The molecule has 192 valence electrons. The van der Waals surface area contributed by atoms with E-state index in [1.165, 1.54) is 24.5 Å². The number of nitrogens with zero attached hydrogens (tertiary/aromatic N) is 4. The second-order valence-corrected chi connectivity index (χ2v) is 11.5. The number of benzene rings is 1. The average Bonchev–Trinajstić information content (AvgIpc) is 3.28. The van der Waals surface area contributed by atoms with Crippen LogP contribution in [0.5, 0.6) is 0 Å². The quantitative estimate of drug-likeness (QED) is 0.287. The van der Waals surface area contributed by atoms with Crippen LogP contribution in [0.1, 0.15) is 50.8 Å². The van der Waals surface area contributed by atoms with Crippen LogP contribution in [0.3, 0.4) is 0 Å². The number of sulfone groups is 1. The fourth-order valence-corrected chi connectivity index (χ4v) is 6.14. The van der Waals surface area contributed by atoms with E-state index < -0.39 is 20.9 Å². The molecule has 3 aromatic heterocycles. The van der Waals surface area contributed by atoms with Crippen LogP contribution < -0.4 is 10.5 Å². The molecule has 4 aromatic rings. The maximum Gasteiger partial charge on any atom is 0.258 e. The highest BCUT2D eigenvalue weighted by Crippen LogP contribution is 2.39. The highest BCUT2D eigenvalue weighted by atomic mass is 32.2. The van der Waals surface area contributed by atoms with Crippen LogP contribution in [0.15, 0.2) is 59.7 Å². The molecule has 1 aliphatic carbocycles. The molecule has 0 spiro atoms. The number of hydrogen-bond acceptors (Lipinski definition) is 8. The van der Waals surface area contributed by atoms with Crippen molar-refractivity contribution in [3.8, 4) is 12.3 Å². The normalized spacial score (nSPS) is 15.6. The lowest BCUT2D eigenvalue weighted by molar-refractivity contribution is 0.0981. The third kappa shape index (κ3) is 4.68. The van der Waals surface area contributed by atoms with Gasteiger partial charge < -0.3 is 9.88 Å². The first-order chi connectivity index (χ1) is 18.2. The van der Waals surface area contributed by atoms with Crippen LogP contribution in [0, 0.1) is 19.3 Å². The molecule has 38 heavy (non-hydrogen) atoms. The Bertz CT molecular complexity index is 1740. The van der Waals surface area contributed by atoms with Gasteiger partial charge in [-0.05, 0) is 67.3 Å². The molecule has 9 nitrogen and oxygen atoms in total. The van der Waals surface area contributed by atoms with Gasteiger partial charge in [0.05, 0.1) is 41.1 Å². The van der Waals surface area contributed by atoms with E-state index in [0.717, 1.165) is 30.2 Å². The summed E-state index contributed by atoms with van der Waals surface area (Å²) in [6.07, 6.45) is 11.3. The summed E-state index contributed by atoms with van der Waals surface area (Å²) < 4.78 is 25.0. The van der Waals surface area contributed by atoms with Gasteiger partial charge in [-0.3, -0.25) is 19.6 Å². The number of rotatable bonds is 7. The largest absolute Gasteiger partial charge is 0.352 e. The first kappa shape index (κ1) is 25.3. The number of pyridine rings is 2. The zero-order valence-corrected chi connectivity index (χ0v) is 21.7. The van der Waals surface area contributed by atoms with Crippen LogP contribution in [-0.4, -0.2) is 46.9 Å². The van der Waals surface area contributed by atoms with Crippen LogP contribution in [0.4, 0.5) is 5.69 Å². The Morgan fingerprint density at radius 3 is 2.71 bits per heavy atom. The van der Waals surface area contributed by atoms with Crippen molar-refractivity contribution in [1.29, 1.82) is 0 Å². The predicted molar refractivity (Wildman–Crippen MR) is 145 cm³/mol. The van der Waals surface area contributed by atoms with Crippen LogP contribution in [-0.2, 0) is 16.3 Å². The van der Waals surface area contributed by atoms with Gasteiger partial charge in [0, 0.05) is 12.5 Å². The summed E-state index contributed by atoms with van der Waals surface area (Å²) in [5, 5.41) is -0.934. The molecule has 5 rings (SSSR count). The zero-order valence-electron chi connectivity index (χ0n) is 20.9. The molecule has 0 aliphatic heterocycles. The number of aromatic amines is 1. The minimum absolute atomic E-state index is 0.0151. The number of terminal acetylenes is 1. The zero-order chi connectivity index (χ0) is 27.0. The highest BCUT2D eigenvalue weighted by Gasteiger charge is 2.34. The lowest BCUT2D eigenvalue weighted by atomic mass is 10.0. The lowest BCUT2D eigenvalue weighted by Crippen LogP contribution is -2.28. The fourth-order valence-electron chi connectivity index (χ4n) is 5.06. The predicted octanol–water partition coefficient (Wildman–Crippen LogP) is 3.12. The van der Waals surface area contributed by atoms with Gasteiger partial charge in [-0.25, -0.2) is 13.4 Å². The molecule has 0 saturated carbocycles. The first-order valence-electron chi connectivity index (χ1n) is 12.0. The van der Waals surface area contributed by atoms with E-state index in [0.29, 0.717) is 22.4 Å². The monoisotopic (exact) mass is 527 g/mol. The van der Waals surface area contributed by atoms with E-state index in [4.69, 9.17) is 6.42 Å². The molecule has 1 aromatic carbocycles. The molecule has 0 fully saturated rings. The molecular formula is C28H25N5O4S. The SMILES string of the molecule is C#CCN(c1ccc(C(=O)C(c2ccccn2)S(C)(=O)=O)nc1)C1CCc2cc3nc(C)[nH]c(=O)c3cc21. The van der Waals surface area contributed by atoms with E-state index in [2.05, 4.69) is 25.9 Å². The molecule has 0 saturated heterocycles. The highest BCUT2D eigenvalue weighted by molar-refractivity contribution is 7.91. The summed E-state index contributed by atoms with van der Waals surface area (Å²) in [6.45, 7) is 2.03. The third-order valence-corrected chi connectivity index (χ3v) is 8.04. The molecule has 2 atom stereocenters. The van der Waals surface area contributed by atoms with E-state index in [1.54, 1.807) is 25.1 Å². The Hall–Kier alpha value is -4.36. The summed E-state index contributed by atoms with van der Waals surface area (Å²) >= 11 is 0. The van der Waals surface area contributed by atoms with Crippen molar-refractivity contribution < 1.29 is 13.2 Å². The third-order valence-electron chi connectivity index (χ3n) is 6.72. The number of carbonyl (C=O) groups excluding carboxylic acids is 1. The number of fused-ring (bicyclic) bond motifs is 2. The number of nitrogens with one attached hydrogen (secondary N) is 1. The van der Waals surface area contributed by atoms with Crippen molar-refractivity contribution in [2.45, 2.75) is 31.1 Å². The number of Topliss-reactive ketones (excluding diaryl/α,β-unsaturated/α-hetero) is 1. The molecule has 10 heteroatoms. The number of carbonyl (C=O) groups is 1. The number of anilines is 1. The summed E-state index contributed by atoms with van der Waals surface area (Å²) in [5.41, 5.74) is 3.41. The summed E-state index contributed by atoms with van der Waals surface area (Å²) in [5.74, 6) is 2.60. The molecule has 0 amide bonds.